The van der Waals surface area contributed by atoms with Gasteiger partial charge in [0, 0.05) is 0 Å². The number of nitrogens with one attached hydrogen (secondary N) is 1. The summed E-state index contributed by atoms with van der Waals surface area (Å²) in [6.07, 6.45) is 0. The Hall–Kier alpha value is -2.50. The van der Waals surface area contributed by atoms with Gasteiger partial charge in [-0.25, -0.2) is 0 Å². The molecule has 0 bridgehead atoms. The van der Waals surface area contributed by atoms with Crippen LogP contribution in [0.2, 0.25) is 0 Å². The largest absolute Gasteiger partial charge is 0.493 e. The maximum atomic E-state index is 11.3. The van der Waals surface area contributed by atoms with Crippen LogP contribution in [0.25, 0.3) is 11.4 Å². The molecule has 0 radical (unpaired) electrons. The van der Waals surface area contributed by atoms with E-state index in [1.54, 1.807) is 18.2 Å². The quantitative estimate of drug-likeness (QED) is 0.851. The molecule has 0 aliphatic carbocycles. The number of aromatic nitrogens is 2. The summed E-state index contributed by atoms with van der Waals surface area (Å²) in [6, 6.07) is 6.17. The van der Waals surface area contributed by atoms with Gasteiger partial charge in [0.15, 0.2) is 11.5 Å². The Balaban J connectivity index is 2.66. The van der Waals surface area contributed by atoms with Crippen molar-refractivity contribution in [1.82, 2.24) is 9.97 Å². The zero-order chi connectivity index (χ0) is 13.1. The molecule has 0 aliphatic rings. The molecule has 2 N–H and O–H groups in total. The lowest BCUT2D eigenvalue weighted by atomic mass is 10.1. The Kier molecular flexibility index (Phi) is 3.18. The van der Waals surface area contributed by atoms with Crippen molar-refractivity contribution in [2.24, 2.45) is 0 Å². The zero-order valence-corrected chi connectivity index (χ0v) is 9.93. The van der Waals surface area contributed by atoms with Crippen LogP contribution < -0.4 is 15.0 Å². The minimum absolute atomic E-state index is 0.218. The zero-order valence-electron chi connectivity index (χ0n) is 9.93. The lowest BCUT2D eigenvalue weighted by molar-refractivity contribution is 0.356. The molecule has 0 aliphatic heterocycles. The van der Waals surface area contributed by atoms with Crippen molar-refractivity contribution < 1.29 is 14.6 Å². The van der Waals surface area contributed by atoms with Gasteiger partial charge >= 0.3 is 0 Å². The fourth-order valence-electron chi connectivity index (χ4n) is 1.65. The fraction of sp³-hybridized carbons (Fsp3) is 0.167. The first kappa shape index (κ1) is 12.0. The number of nitrogens with zero attached hydrogens (tertiary/aromatic N) is 1. The normalized spacial score (nSPS) is 10.1. The molecule has 1 heterocycles. The highest BCUT2D eigenvalue weighted by atomic mass is 16.5. The lowest BCUT2D eigenvalue weighted by Gasteiger charge is -2.11. The van der Waals surface area contributed by atoms with E-state index in [2.05, 4.69) is 9.97 Å². The molecule has 6 nitrogen and oxygen atoms in total. The average Bonchev–Trinajstić information content (AvgIpc) is 2.36. The van der Waals surface area contributed by atoms with Gasteiger partial charge < -0.3 is 19.6 Å². The molecule has 0 saturated heterocycles. The van der Waals surface area contributed by atoms with E-state index in [0.29, 0.717) is 17.1 Å². The SMILES string of the molecule is COc1cccc(-c2nc(O)cc(=O)[nH]2)c1OC. The van der Waals surface area contributed by atoms with Crippen LogP contribution in [0.15, 0.2) is 29.1 Å². The third-order valence-corrected chi connectivity index (χ3v) is 2.39. The number of aromatic amines is 1. The second kappa shape index (κ2) is 4.79. The Morgan fingerprint density at radius 1 is 1.28 bits per heavy atom. The summed E-state index contributed by atoms with van der Waals surface area (Å²) in [5, 5.41) is 9.34. The molecule has 0 unspecified atom stereocenters. The highest BCUT2D eigenvalue weighted by Crippen LogP contribution is 2.36. The Morgan fingerprint density at radius 3 is 2.67 bits per heavy atom. The van der Waals surface area contributed by atoms with Crippen LogP contribution in [0.3, 0.4) is 0 Å². The average molecular weight is 248 g/mol. The minimum Gasteiger partial charge on any atom is -0.493 e. The van der Waals surface area contributed by atoms with Crippen molar-refractivity contribution in [3.63, 3.8) is 0 Å². The van der Waals surface area contributed by atoms with Crippen LogP contribution in [0.1, 0.15) is 0 Å². The molecule has 0 atom stereocenters. The molecule has 2 rings (SSSR count). The van der Waals surface area contributed by atoms with Crippen LogP contribution in [0.5, 0.6) is 17.4 Å². The minimum atomic E-state index is -0.442. The Bertz CT molecular complexity index is 622. The van der Waals surface area contributed by atoms with Gasteiger partial charge in [-0.3, -0.25) is 4.79 Å². The molecule has 0 amide bonds. The second-order valence-corrected chi connectivity index (χ2v) is 3.49. The van der Waals surface area contributed by atoms with Crippen molar-refractivity contribution in [3.05, 3.63) is 34.6 Å². The van der Waals surface area contributed by atoms with Crippen LogP contribution in [0.4, 0.5) is 0 Å². The summed E-state index contributed by atoms with van der Waals surface area (Å²) in [6.45, 7) is 0. The number of aromatic hydroxyl groups is 1. The molecule has 1 aromatic carbocycles. The van der Waals surface area contributed by atoms with E-state index in [1.807, 2.05) is 0 Å². The van der Waals surface area contributed by atoms with Gasteiger partial charge in [-0.2, -0.15) is 4.98 Å². The van der Waals surface area contributed by atoms with Gasteiger partial charge in [0.2, 0.25) is 5.88 Å². The molecule has 6 heteroatoms. The third-order valence-electron chi connectivity index (χ3n) is 2.39. The first-order chi connectivity index (χ1) is 8.65. The molecule has 18 heavy (non-hydrogen) atoms. The molecule has 1 aromatic heterocycles. The van der Waals surface area contributed by atoms with Crippen LogP contribution >= 0.6 is 0 Å². The summed E-state index contributed by atoms with van der Waals surface area (Å²) in [7, 11) is 3.00. The number of hydrogen-bond donors (Lipinski definition) is 2. The topological polar surface area (TPSA) is 84.4 Å². The van der Waals surface area contributed by atoms with E-state index < -0.39 is 5.56 Å². The third kappa shape index (κ3) is 2.13. The Labute approximate surface area is 103 Å². The van der Waals surface area contributed by atoms with Crippen molar-refractivity contribution in [2.75, 3.05) is 14.2 Å². The van der Waals surface area contributed by atoms with Crippen molar-refractivity contribution in [3.8, 4) is 28.8 Å². The van der Waals surface area contributed by atoms with Crippen LogP contribution in [-0.4, -0.2) is 29.3 Å². The van der Waals surface area contributed by atoms with E-state index in [0.717, 1.165) is 6.07 Å². The molecule has 0 spiro atoms. The molecular formula is C12H12N2O4. The maximum Gasteiger partial charge on any atom is 0.254 e. The first-order valence-corrected chi connectivity index (χ1v) is 5.17. The van der Waals surface area contributed by atoms with Crippen LogP contribution in [-0.2, 0) is 0 Å². The summed E-state index contributed by atoms with van der Waals surface area (Å²) in [4.78, 5) is 17.7. The standard InChI is InChI=1S/C12H12N2O4/c1-17-8-5-3-4-7(11(8)18-2)12-13-9(15)6-10(16)14-12/h3-6H,1-2H3,(H2,13,14,15,16). The molecule has 0 fully saturated rings. The van der Waals surface area contributed by atoms with Gasteiger partial charge in [-0.15, -0.1) is 0 Å². The number of rotatable bonds is 3. The van der Waals surface area contributed by atoms with Crippen LogP contribution in [0, 0.1) is 0 Å². The van der Waals surface area contributed by atoms with E-state index in [9.17, 15) is 9.90 Å². The van der Waals surface area contributed by atoms with E-state index >= 15 is 0 Å². The maximum absolute atomic E-state index is 11.3. The number of hydrogen-bond acceptors (Lipinski definition) is 5. The van der Waals surface area contributed by atoms with E-state index in [-0.39, 0.29) is 11.7 Å². The Morgan fingerprint density at radius 2 is 2.06 bits per heavy atom. The first-order valence-electron chi connectivity index (χ1n) is 5.17. The number of para-hydroxylation sites is 1. The summed E-state index contributed by atoms with van der Waals surface area (Å²) >= 11 is 0. The van der Waals surface area contributed by atoms with Gasteiger partial charge in [-0.05, 0) is 12.1 Å². The summed E-state index contributed by atoms with van der Waals surface area (Å²) in [5.41, 5.74) is 0.0900. The number of ether oxygens (including phenoxy) is 2. The van der Waals surface area contributed by atoms with E-state index in [1.165, 1.54) is 14.2 Å². The molecular weight excluding hydrogens is 236 g/mol. The highest BCUT2D eigenvalue weighted by molar-refractivity contribution is 5.68. The van der Waals surface area contributed by atoms with E-state index in [4.69, 9.17) is 9.47 Å². The van der Waals surface area contributed by atoms with Crippen molar-refractivity contribution >= 4 is 0 Å². The van der Waals surface area contributed by atoms with Gasteiger partial charge in [-0.1, -0.05) is 6.07 Å². The predicted octanol–water partition coefficient (Wildman–Crippen LogP) is 1.16. The molecule has 0 saturated carbocycles. The number of H-pyrrole nitrogens is 1. The van der Waals surface area contributed by atoms with Crippen molar-refractivity contribution in [2.45, 2.75) is 0 Å². The second-order valence-electron chi connectivity index (χ2n) is 3.49. The van der Waals surface area contributed by atoms with Gasteiger partial charge in [0.25, 0.3) is 5.56 Å². The summed E-state index contributed by atoms with van der Waals surface area (Å²) < 4.78 is 10.4. The van der Waals surface area contributed by atoms with Gasteiger partial charge in [0.05, 0.1) is 25.8 Å². The predicted molar refractivity (Wildman–Crippen MR) is 65.1 cm³/mol. The monoisotopic (exact) mass is 248 g/mol. The summed E-state index contributed by atoms with van der Waals surface area (Å²) in [5.74, 6) is 0.823. The number of benzene rings is 1. The molecule has 2 aromatic rings. The number of methoxy groups -OCH3 is 2. The molecule has 94 valence electrons. The lowest BCUT2D eigenvalue weighted by Crippen LogP contribution is -2.07. The van der Waals surface area contributed by atoms with Gasteiger partial charge in [0.1, 0.15) is 5.82 Å². The smallest absolute Gasteiger partial charge is 0.254 e. The highest BCUT2D eigenvalue weighted by Gasteiger charge is 2.13. The van der Waals surface area contributed by atoms with Crippen molar-refractivity contribution in [1.29, 1.82) is 0 Å². The fourth-order valence-corrected chi connectivity index (χ4v) is 1.65.